The highest BCUT2D eigenvalue weighted by molar-refractivity contribution is 7.07. The Hall–Kier alpha value is -2.63. The number of benzene rings is 1. The topological polar surface area (TPSA) is 69.6 Å². The Bertz CT molecular complexity index is 858. The summed E-state index contributed by atoms with van der Waals surface area (Å²) in [4.78, 5) is 12.0. The summed E-state index contributed by atoms with van der Waals surface area (Å²) in [6.45, 7) is 0. The lowest BCUT2D eigenvalue weighted by Gasteiger charge is -1.91. The van der Waals surface area contributed by atoms with E-state index >= 15 is 0 Å². The number of hydrogen-bond donors (Lipinski definition) is 0. The molecule has 2 rings (SSSR count). The summed E-state index contributed by atoms with van der Waals surface area (Å²) in [5.74, 6) is 0. The number of nitriles is 2. The summed E-state index contributed by atoms with van der Waals surface area (Å²) in [5, 5.41) is 17.4. The highest BCUT2D eigenvalue weighted by Crippen LogP contribution is 2.03. The van der Waals surface area contributed by atoms with Crippen molar-refractivity contribution in [2.24, 2.45) is 7.05 Å². The largest absolute Gasteiger partial charge is 0.301 e. The van der Waals surface area contributed by atoms with Gasteiger partial charge in [-0.1, -0.05) is 12.1 Å². The number of nitrogens with zero attached hydrogens (tertiary/aromatic N) is 3. The maximum absolute atomic E-state index is 12.0. The summed E-state index contributed by atoms with van der Waals surface area (Å²) in [6, 6.07) is 10.9. The van der Waals surface area contributed by atoms with Gasteiger partial charge < -0.3 is 4.57 Å². The third kappa shape index (κ3) is 2.62. The van der Waals surface area contributed by atoms with E-state index < -0.39 is 0 Å². The van der Waals surface area contributed by atoms with E-state index in [1.54, 1.807) is 37.4 Å². The van der Waals surface area contributed by atoms with Crippen LogP contribution in [0, 0.1) is 22.7 Å². The quantitative estimate of drug-likeness (QED) is 0.753. The molecule has 0 aliphatic carbocycles. The van der Waals surface area contributed by atoms with Crippen LogP contribution in [0.2, 0.25) is 0 Å². The second kappa shape index (κ2) is 5.34. The molecule has 0 aliphatic rings. The maximum atomic E-state index is 12.0. The first-order chi connectivity index (χ1) is 9.15. The standard InChI is InChI=1S/C14H9N3OS/c1-17-13(6-7-15)19-12(14(17)18)8-10-2-4-11(9-16)5-3-10/h2-6,8H,1H3/b12-8+,13-6-. The van der Waals surface area contributed by atoms with Crippen LogP contribution in [0.5, 0.6) is 0 Å². The van der Waals surface area contributed by atoms with Gasteiger partial charge in [0.15, 0.2) is 0 Å². The molecule has 92 valence electrons. The molecule has 0 N–H and O–H groups in total. The predicted molar refractivity (Wildman–Crippen MR) is 73.6 cm³/mol. The van der Waals surface area contributed by atoms with Gasteiger partial charge in [-0.05, 0) is 23.8 Å². The molecule has 4 nitrogen and oxygen atoms in total. The van der Waals surface area contributed by atoms with Crippen molar-refractivity contribution in [2.75, 3.05) is 0 Å². The molecule has 0 atom stereocenters. The Morgan fingerprint density at radius 2 is 1.95 bits per heavy atom. The van der Waals surface area contributed by atoms with Gasteiger partial charge in [0, 0.05) is 13.1 Å². The van der Waals surface area contributed by atoms with E-state index in [9.17, 15) is 4.79 Å². The molecule has 19 heavy (non-hydrogen) atoms. The van der Waals surface area contributed by atoms with Gasteiger partial charge in [0.2, 0.25) is 0 Å². The van der Waals surface area contributed by atoms with E-state index in [1.165, 1.54) is 22.0 Å². The van der Waals surface area contributed by atoms with E-state index in [0.29, 0.717) is 14.8 Å². The molecule has 0 amide bonds. The summed E-state index contributed by atoms with van der Waals surface area (Å²) >= 11 is 1.27. The zero-order valence-corrected chi connectivity index (χ0v) is 10.9. The molecule has 2 aromatic rings. The van der Waals surface area contributed by atoms with Crippen molar-refractivity contribution in [3.63, 3.8) is 0 Å². The average molecular weight is 267 g/mol. The molecular formula is C14H9N3OS. The minimum Gasteiger partial charge on any atom is -0.301 e. The van der Waals surface area contributed by atoms with Crippen molar-refractivity contribution < 1.29 is 0 Å². The van der Waals surface area contributed by atoms with Crippen LogP contribution in [0.1, 0.15) is 11.1 Å². The Balaban J connectivity index is 2.59. The lowest BCUT2D eigenvalue weighted by Crippen LogP contribution is -2.28. The molecule has 5 heteroatoms. The van der Waals surface area contributed by atoms with E-state index in [2.05, 4.69) is 0 Å². The molecule has 0 saturated heterocycles. The smallest absolute Gasteiger partial charge is 0.268 e. The van der Waals surface area contributed by atoms with Crippen molar-refractivity contribution in [3.05, 3.63) is 54.9 Å². The molecule has 0 bridgehead atoms. The van der Waals surface area contributed by atoms with Crippen molar-refractivity contribution in [1.29, 1.82) is 10.5 Å². The molecule has 0 radical (unpaired) electrons. The lowest BCUT2D eigenvalue weighted by molar-refractivity contribution is 0.857. The van der Waals surface area contributed by atoms with Gasteiger partial charge in [0.05, 0.1) is 22.2 Å². The molecule has 0 unspecified atom stereocenters. The van der Waals surface area contributed by atoms with E-state index in [4.69, 9.17) is 10.5 Å². The fourth-order valence-corrected chi connectivity index (χ4v) is 2.54. The second-order valence-corrected chi connectivity index (χ2v) is 4.88. The second-order valence-electron chi connectivity index (χ2n) is 3.82. The molecule has 0 aliphatic heterocycles. The molecule has 1 aromatic carbocycles. The van der Waals surface area contributed by atoms with Crippen molar-refractivity contribution in [3.8, 4) is 12.1 Å². The van der Waals surface area contributed by atoms with Crippen LogP contribution in [-0.4, -0.2) is 4.57 Å². The third-order valence-electron chi connectivity index (χ3n) is 2.59. The first-order valence-electron chi connectivity index (χ1n) is 5.43. The third-order valence-corrected chi connectivity index (χ3v) is 3.70. The van der Waals surface area contributed by atoms with E-state index in [1.807, 2.05) is 12.1 Å². The fourth-order valence-electron chi connectivity index (χ4n) is 1.57. The van der Waals surface area contributed by atoms with Gasteiger partial charge in [-0.3, -0.25) is 4.79 Å². The molecule has 1 aromatic heterocycles. The molecule has 0 fully saturated rings. The molecular weight excluding hydrogens is 258 g/mol. The van der Waals surface area contributed by atoms with Gasteiger partial charge >= 0.3 is 0 Å². The van der Waals surface area contributed by atoms with Gasteiger partial charge in [0.1, 0.15) is 4.66 Å². The number of rotatable bonds is 1. The summed E-state index contributed by atoms with van der Waals surface area (Å²) in [5.41, 5.74) is 1.30. The van der Waals surface area contributed by atoms with Gasteiger partial charge in [-0.25, -0.2) is 0 Å². The first kappa shape index (κ1) is 12.8. The maximum Gasteiger partial charge on any atom is 0.268 e. The van der Waals surface area contributed by atoms with Crippen LogP contribution in [0.3, 0.4) is 0 Å². The Morgan fingerprint density at radius 1 is 1.26 bits per heavy atom. The highest BCUT2D eigenvalue weighted by Gasteiger charge is 2.00. The SMILES string of the molecule is Cn1c(=O)/c(=C\c2ccc(C#N)cc2)s/c1=C\C#N. The molecule has 0 spiro atoms. The van der Waals surface area contributed by atoms with Gasteiger partial charge in [-0.15, -0.1) is 11.3 Å². The van der Waals surface area contributed by atoms with Gasteiger partial charge in [0.25, 0.3) is 5.56 Å². The molecule has 0 saturated carbocycles. The van der Waals surface area contributed by atoms with E-state index in [-0.39, 0.29) is 5.56 Å². The Labute approximate surface area is 113 Å². The lowest BCUT2D eigenvalue weighted by atomic mass is 10.1. The normalized spacial score (nSPS) is 12.2. The van der Waals surface area contributed by atoms with Crippen molar-refractivity contribution in [1.82, 2.24) is 4.57 Å². The van der Waals surface area contributed by atoms with Crippen LogP contribution in [0.25, 0.3) is 12.2 Å². The average Bonchev–Trinajstić information content (AvgIpc) is 2.69. The molecule has 1 heterocycles. The fraction of sp³-hybridized carbons (Fsp3) is 0.0714. The van der Waals surface area contributed by atoms with Crippen LogP contribution >= 0.6 is 11.3 Å². The van der Waals surface area contributed by atoms with Crippen LogP contribution in [0.15, 0.2) is 29.1 Å². The predicted octanol–water partition coefficient (Wildman–Crippen LogP) is 0.451. The minimum atomic E-state index is -0.129. The van der Waals surface area contributed by atoms with Crippen molar-refractivity contribution in [2.45, 2.75) is 0 Å². The van der Waals surface area contributed by atoms with E-state index in [0.717, 1.165) is 5.56 Å². The zero-order valence-electron chi connectivity index (χ0n) is 10.1. The van der Waals surface area contributed by atoms with Gasteiger partial charge in [-0.2, -0.15) is 10.5 Å². The summed E-state index contributed by atoms with van der Waals surface area (Å²) < 4.78 is 2.63. The summed E-state index contributed by atoms with van der Waals surface area (Å²) in [7, 11) is 1.64. The monoisotopic (exact) mass is 267 g/mol. The first-order valence-corrected chi connectivity index (χ1v) is 6.25. The van der Waals surface area contributed by atoms with Crippen LogP contribution < -0.4 is 14.8 Å². The number of aromatic nitrogens is 1. The highest BCUT2D eigenvalue weighted by atomic mass is 32.1. The van der Waals surface area contributed by atoms with Crippen molar-refractivity contribution >= 4 is 23.5 Å². The Morgan fingerprint density at radius 3 is 2.53 bits per heavy atom. The Kier molecular flexibility index (Phi) is 3.61. The van der Waals surface area contributed by atoms with Crippen LogP contribution in [0.4, 0.5) is 0 Å². The number of thiazole rings is 1. The zero-order chi connectivity index (χ0) is 13.8. The summed E-state index contributed by atoms with van der Waals surface area (Å²) in [6.07, 6.45) is 3.10. The number of hydrogen-bond acceptors (Lipinski definition) is 4. The van der Waals surface area contributed by atoms with Crippen LogP contribution in [-0.2, 0) is 7.05 Å². The minimum absolute atomic E-state index is 0.129.